The second kappa shape index (κ2) is 5.01. The number of hydrogen-bond donors (Lipinski definition) is 0. The molecule has 3 nitrogen and oxygen atoms in total. The molecule has 0 bridgehead atoms. The summed E-state index contributed by atoms with van der Waals surface area (Å²) in [6, 6.07) is 4.02. The molecule has 0 fully saturated rings. The monoisotopic (exact) mass is 222 g/mol. The van der Waals surface area contributed by atoms with Crippen LogP contribution in [-0.4, -0.2) is 19.2 Å². The highest BCUT2D eigenvalue weighted by molar-refractivity contribution is 5.74. The van der Waals surface area contributed by atoms with Crippen molar-refractivity contribution in [3.05, 3.63) is 28.8 Å². The molecule has 16 heavy (non-hydrogen) atoms. The maximum Gasteiger partial charge on any atom is 0.346 e. The Morgan fingerprint density at radius 1 is 1.25 bits per heavy atom. The highest BCUT2D eigenvalue weighted by atomic mass is 16.6. The van der Waals surface area contributed by atoms with E-state index in [1.165, 1.54) is 7.11 Å². The maximum absolute atomic E-state index is 11.3. The Morgan fingerprint density at radius 2 is 1.88 bits per heavy atom. The second-order valence-corrected chi connectivity index (χ2v) is 3.99. The SMILES string of the molecule is COC(=O)C(C)Oc1cc(C)cc(C)c1C. The Hall–Kier alpha value is -1.51. The van der Waals surface area contributed by atoms with Gasteiger partial charge < -0.3 is 9.47 Å². The van der Waals surface area contributed by atoms with E-state index in [2.05, 4.69) is 10.8 Å². The summed E-state index contributed by atoms with van der Waals surface area (Å²) in [7, 11) is 1.36. The van der Waals surface area contributed by atoms with Crippen molar-refractivity contribution in [3.63, 3.8) is 0 Å². The molecule has 0 heterocycles. The minimum Gasteiger partial charge on any atom is -0.479 e. The Bertz CT molecular complexity index is 396. The minimum absolute atomic E-state index is 0.362. The van der Waals surface area contributed by atoms with Gasteiger partial charge in [0.1, 0.15) is 5.75 Å². The van der Waals surface area contributed by atoms with Crippen molar-refractivity contribution < 1.29 is 14.3 Å². The molecule has 0 saturated heterocycles. The molecule has 0 aliphatic rings. The van der Waals surface area contributed by atoms with Crippen molar-refractivity contribution in [2.45, 2.75) is 33.8 Å². The van der Waals surface area contributed by atoms with Crippen LogP contribution < -0.4 is 4.74 Å². The number of methoxy groups -OCH3 is 1. The van der Waals surface area contributed by atoms with E-state index in [1.807, 2.05) is 26.8 Å². The smallest absolute Gasteiger partial charge is 0.346 e. The van der Waals surface area contributed by atoms with Gasteiger partial charge in [0, 0.05) is 0 Å². The number of hydrogen-bond acceptors (Lipinski definition) is 3. The number of benzene rings is 1. The fraction of sp³-hybridized carbons (Fsp3) is 0.462. The minimum atomic E-state index is -0.579. The zero-order chi connectivity index (χ0) is 12.3. The fourth-order valence-electron chi connectivity index (χ4n) is 1.53. The summed E-state index contributed by atoms with van der Waals surface area (Å²) in [6.07, 6.45) is -0.579. The first-order chi connectivity index (χ1) is 7.45. The van der Waals surface area contributed by atoms with E-state index in [4.69, 9.17) is 4.74 Å². The molecule has 0 amide bonds. The summed E-state index contributed by atoms with van der Waals surface area (Å²) in [6.45, 7) is 7.69. The zero-order valence-corrected chi connectivity index (χ0v) is 10.5. The van der Waals surface area contributed by atoms with Gasteiger partial charge in [0.25, 0.3) is 0 Å². The van der Waals surface area contributed by atoms with Crippen molar-refractivity contribution in [2.75, 3.05) is 7.11 Å². The van der Waals surface area contributed by atoms with Gasteiger partial charge in [0.2, 0.25) is 0 Å². The Labute approximate surface area is 96.4 Å². The molecule has 1 rings (SSSR count). The molecule has 1 atom stereocenters. The van der Waals surface area contributed by atoms with Crippen LogP contribution in [0.3, 0.4) is 0 Å². The molecule has 0 aliphatic heterocycles. The lowest BCUT2D eigenvalue weighted by Crippen LogP contribution is -2.25. The van der Waals surface area contributed by atoms with Crippen LogP contribution in [0.15, 0.2) is 12.1 Å². The van der Waals surface area contributed by atoms with E-state index in [0.29, 0.717) is 0 Å². The van der Waals surface area contributed by atoms with Gasteiger partial charge in [0.05, 0.1) is 7.11 Å². The van der Waals surface area contributed by atoms with Crippen molar-refractivity contribution in [1.82, 2.24) is 0 Å². The van der Waals surface area contributed by atoms with E-state index in [9.17, 15) is 4.79 Å². The first kappa shape index (κ1) is 12.6. The number of carbonyl (C=O) groups excluding carboxylic acids is 1. The topological polar surface area (TPSA) is 35.5 Å². The molecular formula is C13H18O3. The number of carbonyl (C=O) groups is 1. The summed E-state index contributed by atoms with van der Waals surface area (Å²) < 4.78 is 10.2. The molecule has 88 valence electrons. The van der Waals surface area contributed by atoms with E-state index in [1.54, 1.807) is 6.92 Å². The van der Waals surface area contributed by atoms with Crippen LogP contribution in [0.2, 0.25) is 0 Å². The fourth-order valence-corrected chi connectivity index (χ4v) is 1.53. The van der Waals surface area contributed by atoms with E-state index < -0.39 is 6.10 Å². The van der Waals surface area contributed by atoms with Crippen LogP contribution in [-0.2, 0) is 9.53 Å². The Kier molecular flexibility index (Phi) is 3.93. The van der Waals surface area contributed by atoms with Crippen LogP contribution in [0, 0.1) is 20.8 Å². The lowest BCUT2D eigenvalue weighted by molar-refractivity contribution is -0.147. The molecule has 0 aliphatic carbocycles. The second-order valence-electron chi connectivity index (χ2n) is 3.99. The number of ether oxygens (including phenoxy) is 2. The molecular weight excluding hydrogens is 204 g/mol. The molecule has 3 heteroatoms. The number of aryl methyl sites for hydroxylation is 2. The van der Waals surface area contributed by atoms with Gasteiger partial charge >= 0.3 is 5.97 Å². The molecule has 0 saturated carbocycles. The maximum atomic E-state index is 11.3. The van der Waals surface area contributed by atoms with E-state index in [0.717, 1.165) is 22.4 Å². The summed E-state index contributed by atoms with van der Waals surface area (Å²) in [5, 5.41) is 0. The van der Waals surface area contributed by atoms with Gasteiger partial charge in [-0.1, -0.05) is 6.07 Å². The first-order valence-corrected chi connectivity index (χ1v) is 5.28. The van der Waals surface area contributed by atoms with E-state index in [-0.39, 0.29) is 5.97 Å². The highest BCUT2D eigenvalue weighted by Gasteiger charge is 2.16. The number of rotatable bonds is 3. The standard InChI is InChI=1S/C13H18O3/c1-8-6-9(2)10(3)12(7-8)16-11(4)13(14)15-5/h6-7,11H,1-5H3. The molecule has 0 aromatic heterocycles. The highest BCUT2D eigenvalue weighted by Crippen LogP contribution is 2.24. The summed E-state index contributed by atoms with van der Waals surface area (Å²) in [4.78, 5) is 11.3. The van der Waals surface area contributed by atoms with Crippen LogP contribution in [0.1, 0.15) is 23.6 Å². The molecule has 0 N–H and O–H groups in total. The Balaban J connectivity index is 2.93. The molecule has 0 radical (unpaired) electrons. The van der Waals surface area contributed by atoms with Crippen LogP contribution >= 0.6 is 0 Å². The van der Waals surface area contributed by atoms with Gasteiger partial charge in [-0.05, 0) is 50.5 Å². The molecule has 0 spiro atoms. The van der Waals surface area contributed by atoms with Gasteiger partial charge in [-0.3, -0.25) is 0 Å². The normalized spacial score (nSPS) is 12.1. The summed E-state index contributed by atoms with van der Waals surface area (Å²) in [5.41, 5.74) is 3.34. The third kappa shape index (κ3) is 2.75. The largest absolute Gasteiger partial charge is 0.479 e. The van der Waals surface area contributed by atoms with Gasteiger partial charge in [-0.2, -0.15) is 0 Å². The van der Waals surface area contributed by atoms with Crippen molar-refractivity contribution in [3.8, 4) is 5.75 Å². The first-order valence-electron chi connectivity index (χ1n) is 5.28. The quantitative estimate of drug-likeness (QED) is 0.737. The predicted molar refractivity (Wildman–Crippen MR) is 62.8 cm³/mol. The van der Waals surface area contributed by atoms with Gasteiger partial charge in [-0.15, -0.1) is 0 Å². The summed E-state index contributed by atoms with van der Waals surface area (Å²) in [5.74, 6) is 0.383. The van der Waals surface area contributed by atoms with Crippen LogP contribution in [0.5, 0.6) is 5.75 Å². The zero-order valence-electron chi connectivity index (χ0n) is 10.5. The van der Waals surface area contributed by atoms with Crippen molar-refractivity contribution in [2.24, 2.45) is 0 Å². The van der Waals surface area contributed by atoms with Crippen LogP contribution in [0.25, 0.3) is 0 Å². The molecule has 1 aromatic rings. The average Bonchev–Trinajstić information content (AvgIpc) is 2.23. The lowest BCUT2D eigenvalue weighted by atomic mass is 10.1. The van der Waals surface area contributed by atoms with Gasteiger partial charge in [0.15, 0.2) is 6.10 Å². The molecule has 1 aromatic carbocycles. The number of esters is 1. The summed E-state index contributed by atoms with van der Waals surface area (Å²) >= 11 is 0. The predicted octanol–water partition coefficient (Wildman–Crippen LogP) is 2.55. The third-order valence-corrected chi connectivity index (χ3v) is 2.60. The Morgan fingerprint density at radius 3 is 2.44 bits per heavy atom. The van der Waals surface area contributed by atoms with Gasteiger partial charge in [-0.25, -0.2) is 4.79 Å². The average molecular weight is 222 g/mol. The van der Waals surface area contributed by atoms with Crippen molar-refractivity contribution >= 4 is 5.97 Å². The molecule has 1 unspecified atom stereocenters. The van der Waals surface area contributed by atoms with Crippen LogP contribution in [0.4, 0.5) is 0 Å². The lowest BCUT2D eigenvalue weighted by Gasteiger charge is -2.16. The van der Waals surface area contributed by atoms with E-state index >= 15 is 0 Å². The third-order valence-electron chi connectivity index (χ3n) is 2.60. The van der Waals surface area contributed by atoms with Crippen molar-refractivity contribution in [1.29, 1.82) is 0 Å².